The van der Waals surface area contributed by atoms with Crippen LogP contribution in [0.5, 0.6) is 11.5 Å². The molecule has 112 valence electrons. The Morgan fingerprint density at radius 1 is 1.30 bits per heavy atom. The summed E-state index contributed by atoms with van der Waals surface area (Å²) in [5.74, 6) is 1.65. The minimum Gasteiger partial charge on any atom is -0.493 e. The third-order valence-electron chi connectivity index (χ3n) is 3.49. The van der Waals surface area contributed by atoms with Crippen molar-refractivity contribution in [2.45, 2.75) is 44.9 Å². The van der Waals surface area contributed by atoms with Crippen molar-refractivity contribution in [3.05, 3.63) is 23.8 Å². The summed E-state index contributed by atoms with van der Waals surface area (Å²) < 4.78 is 16.6. The molecule has 4 nitrogen and oxygen atoms in total. The van der Waals surface area contributed by atoms with Gasteiger partial charge in [-0.2, -0.15) is 0 Å². The highest BCUT2D eigenvalue weighted by Crippen LogP contribution is 2.33. The van der Waals surface area contributed by atoms with E-state index in [1.807, 2.05) is 12.1 Å². The molecule has 1 unspecified atom stereocenters. The van der Waals surface area contributed by atoms with Gasteiger partial charge >= 0.3 is 0 Å². The average molecular weight is 279 g/mol. The topological polar surface area (TPSA) is 39.7 Å². The summed E-state index contributed by atoms with van der Waals surface area (Å²) in [4.78, 5) is 0. The van der Waals surface area contributed by atoms with E-state index in [1.165, 1.54) is 12.8 Å². The standard InChI is InChI=1S/C16H25NO3/c1-12(9-10-18-2)20-16-13(11-17-14-7-8-14)5-4-6-15(16)19-3/h4-6,12,14,17H,7-11H2,1-3H3. The van der Waals surface area contributed by atoms with Crippen molar-refractivity contribution in [3.63, 3.8) is 0 Å². The van der Waals surface area contributed by atoms with Gasteiger partial charge in [-0.25, -0.2) is 0 Å². The first kappa shape index (κ1) is 15.1. The van der Waals surface area contributed by atoms with Crippen LogP contribution in [0, 0.1) is 0 Å². The molecule has 1 aliphatic carbocycles. The molecule has 0 heterocycles. The zero-order valence-electron chi connectivity index (χ0n) is 12.6. The molecule has 1 aromatic carbocycles. The largest absolute Gasteiger partial charge is 0.493 e. The van der Waals surface area contributed by atoms with Gasteiger partial charge in [0, 0.05) is 38.3 Å². The number of rotatable bonds is 9. The maximum atomic E-state index is 6.08. The zero-order chi connectivity index (χ0) is 14.4. The van der Waals surface area contributed by atoms with Crippen LogP contribution in [0.1, 0.15) is 31.7 Å². The highest BCUT2D eigenvalue weighted by Gasteiger charge is 2.21. The first-order valence-corrected chi connectivity index (χ1v) is 7.29. The molecule has 0 aliphatic heterocycles. The molecular weight excluding hydrogens is 254 g/mol. The van der Waals surface area contributed by atoms with Gasteiger partial charge in [0.25, 0.3) is 0 Å². The Morgan fingerprint density at radius 2 is 2.10 bits per heavy atom. The van der Waals surface area contributed by atoms with E-state index in [0.29, 0.717) is 12.6 Å². The Morgan fingerprint density at radius 3 is 2.75 bits per heavy atom. The minimum atomic E-state index is 0.103. The molecule has 1 atom stereocenters. The number of hydrogen-bond acceptors (Lipinski definition) is 4. The van der Waals surface area contributed by atoms with Crippen LogP contribution in [0.15, 0.2) is 18.2 Å². The van der Waals surface area contributed by atoms with Crippen molar-refractivity contribution < 1.29 is 14.2 Å². The van der Waals surface area contributed by atoms with E-state index in [2.05, 4.69) is 18.3 Å². The van der Waals surface area contributed by atoms with Crippen molar-refractivity contribution in [2.24, 2.45) is 0 Å². The van der Waals surface area contributed by atoms with Gasteiger partial charge < -0.3 is 19.5 Å². The lowest BCUT2D eigenvalue weighted by molar-refractivity contribution is 0.132. The molecule has 0 spiro atoms. The first-order chi connectivity index (χ1) is 9.74. The molecule has 20 heavy (non-hydrogen) atoms. The van der Waals surface area contributed by atoms with Crippen LogP contribution >= 0.6 is 0 Å². The van der Waals surface area contributed by atoms with Crippen LogP contribution in [0.4, 0.5) is 0 Å². The minimum absolute atomic E-state index is 0.103. The summed E-state index contributed by atoms with van der Waals surface area (Å²) in [7, 11) is 3.39. The van der Waals surface area contributed by atoms with E-state index in [0.717, 1.165) is 30.0 Å². The van der Waals surface area contributed by atoms with Gasteiger partial charge in [0.1, 0.15) is 0 Å². The number of benzene rings is 1. The molecule has 1 aliphatic rings. The SMILES string of the molecule is COCCC(C)Oc1c(CNC2CC2)cccc1OC. The molecule has 0 amide bonds. The predicted molar refractivity (Wildman–Crippen MR) is 79.4 cm³/mol. The van der Waals surface area contributed by atoms with Crippen molar-refractivity contribution in [2.75, 3.05) is 20.8 Å². The van der Waals surface area contributed by atoms with Gasteiger partial charge in [0.2, 0.25) is 0 Å². The second-order valence-electron chi connectivity index (χ2n) is 5.31. The van der Waals surface area contributed by atoms with Crippen LogP contribution in [0.25, 0.3) is 0 Å². The highest BCUT2D eigenvalue weighted by atomic mass is 16.5. The normalized spacial score (nSPS) is 15.9. The average Bonchev–Trinajstić information content (AvgIpc) is 3.28. The zero-order valence-corrected chi connectivity index (χ0v) is 12.6. The van der Waals surface area contributed by atoms with E-state index in [1.54, 1.807) is 14.2 Å². The molecule has 0 radical (unpaired) electrons. The summed E-state index contributed by atoms with van der Waals surface area (Å²) in [6.07, 6.45) is 3.53. The van der Waals surface area contributed by atoms with Gasteiger partial charge in [-0.15, -0.1) is 0 Å². The lowest BCUT2D eigenvalue weighted by Gasteiger charge is -2.20. The first-order valence-electron chi connectivity index (χ1n) is 7.29. The molecule has 1 aromatic rings. The van der Waals surface area contributed by atoms with Crippen molar-refractivity contribution >= 4 is 0 Å². The maximum Gasteiger partial charge on any atom is 0.166 e. The summed E-state index contributed by atoms with van der Waals surface area (Å²) in [5.41, 5.74) is 1.15. The van der Waals surface area contributed by atoms with E-state index in [-0.39, 0.29) is 6.10 Å². The fourth-order valence-corrected chi connectivity index (χ4v) is 2.08. The van der Waals surface area contributed by atoms with E-state index < -0.39 is 0 Å². The van der Waals surface area contributed by atoms with Crippen molar-refractivity contribution in [1.29, 1.82) is 0 Å². The number of hydrogen-bond donors (Lipinski definition) is 1. The fourth-order valence-electron chi connectivity index (χ4n) is 2.08. The van der Waals surface area contributed by atoms with Crippen molar-refractivity contribution in [3.8, 4) is 11.5 Å². The molecule has 1 N–H and O–H groups in total. The van der Waals surface area contributed by atoms with Crippen LogP contribution in [-0.2, 0) is 11.3 Å². The lowest BCUT2D eigenvalue weighted by Crippen LogP contribution is -2.19. The quantitative estimate of drug-likeness (QED) is 0.754. The van der Waals surface area contributed by atoms with Gasteiger partial charge in [-0.3, -0.25) is 0 Å². The molecule has 0 aromatic heterocycles. The second-order valence-corrected chi connectivity index (χ2v) is 5.31. The number of ether oxygens (including phenoxy) is 3. The molecule has 0 bridgehead atoms. The summed E-state index contributed by atoms with van der Waals surface area (Å²) >= 11 is 0. The summed E-state index contributed by atoms with van der Waals surface area (Å²) in [6.45, 7) is 3.59. The van der Waals surface area contributed by atoms with Gasteiger partial charge in [0.05, 0.1) is 13.2 Å². The van der Waals surface area contributed by atoms with Crippen LogP contribution in [0.2, 0.25) is 0 Å². The Bertz CT molecular complexity index is 418. The molecule has 2 rings (SSSR count). The number of nitrogens with one attached hydrogen (secondary N) is 1. The third-order valence-corrected chi connectivity index (χ3v) is 3.49. The Kier molecular flexibility index (Phi) is 5.68. The molecule has 4 heteroatoms. The van der Waals surface area contributed by atoms with E-state index >= 15 is 0 Å². The Hall–Kier alpha value is -1.26. The summed E-state index contributed by atoms with van der Waals surface area (Å²) in [6, 6.07) is 6.73. The van der Waals surface area contributed by atoms with Gasteiger partial charge in [-0.05, 0) is 25.8 Å². The fraction of sp³-hybridized carbons (Fsp3) is 0.625. The molecular formula is C16H25NO3. The molecule has 1 saturated carbocycles. The van der Waals surface area contributed by atoms with Crippen LogP contribution in [-0.4, -0.2) is 33.0 Å². The van der Waals surface area contributed by atoms with Gasteiger partial charge in [-0.1, -0.05) is 12.1 Å². The molecule has 1 fully saturated rings. The number of methoxy groups -OCH3 is 2. The number of para-hydroxylation sites is 1. The van der Waals surface area contributed by atoms with Gasteiger partial charge in [0.15, 0.2) is 11.5 Å². The summed E-state index contributed by atoms with van der Waals surface area (Å²) in [5, 5.41) is 3.52. The second kappa shape index (κ2) is 7.50. The molecule has 0 saturated heterocycles. The van der Waals surface area contributed by atoms with Crippen LogP contribution < -0.4 is 14.8 Å². The third kappa shape index (κ3) is 4.39. The van der Waals surface area contributed by atoms with E-state index in [9.17, 15) is 0 Å². The van der Waals surface area contributed by atoms with E-state index in [4.69, 9.17) is 14.2 Å². The van der Waals surface area contributed by atoms with Crippen molar-refractivity contribution in [1.82, 2.24) is 5.32 Å². The van der Waals surface area contributed by atoms with Crippen LogP contribution in [0.3, 0.4) is 0 Å². The maximum absolute atomic E-state index is 6.08. The Balaban J connectivity index is 2.04. The highest BCUT2D eigenvalue weighted by molar-refractivity contribution is 5.46. The monoisotopic (exact) mass is 279 g/mol. The smallest absolute Gasteiger partial charge is 0.166 e. The Labute approximate surface area is 121 Å². The lowest BCUT2D eigenvalue weighted by atomic mass is 10.1. The predicted octanol–water partition coefficient (Wildman–Crippen LogP) is 2.75.